The largest absolute Gasteiger partial charge is 0.385 e. The minimum Gasteiger partial charge on any atom is -0.385 e. The van der Waals surface area contributed by atoms with Crippen molar-refractivity contribution in [2.45, 2.75) is 31.5 Å². The van der Waals surface area contributed by atoms with Crippen molar-refractivity contribution in [3.8, 4) is 0 Å². The van der Waals surface area contributed by atoms with E-state index in [0.29, 0.717) is 0 Å². The van der Waals surface area contributed by atoms with E-state index in [0.717, 1.165) is 44.6 Å². The Labute approximate surface area is 108 Å². The Morgan fingerprint density at radius 2 is 1.83 bits per heavy atom. The van der Waals surface area contributed by atoms with Crippen LogP contribution >= 0.6 is 0 Å². The van der Waals surface area contributed by atoms with E-state index in [2.05, 4.69) is 30.1 Å². The highest BCUT2D eigenvalue weighted by molar-refractivity contribution is 5.37. The van der Waals surface area contributed by atoms with Crippen LogP contribution in [-0.4, -0.2) is 35.2 Å². The van der Waals surface area contributed by atoms with Gasteiger partial charge in [-0.25, -0.2) is 5.01 Å². The van der Waals surface area contributed by atoms with Gasteiger partial charge in [-0.05, 0) is 36.6 Å². The highest BCUT2D eigenvalue weighted by atomic mass is 16.3. The van der Waals surface area contributed by atoms with E-state index in [-0.39, 0.29) is 0 Å². The van der Waals surface area contributed by atoms with Crippen LogP contribution in [0.4, 0.5) is 0 Å². The maximum absolute atomic E-state index is 10.8. The number of aliphatic hydroxyl groups is 1. The molecular weight excluding hydrogens is 226 g/mol. The number of nitrogens with zero attached hydrogens (tertiary/aromatic N) is 2. The van der Waals surface area contributed by atoms with Gasteiger partial charge in [0.1, 0.15) is 0 Å². The van der Waals surface area contributed by atoms with Crippen molar-refractivity contribution in [2.24, 2.45) is 5.84 Å². The van der Waals surface area contributed by atoms with Gasteiger partial charge in [-0.3, -0.25) is 5.84 Å². The van der Waals surface area contributed by atoms with Crippen LogP contribution in [0.5, 0.6) is 0 Å². The Morgan fingerprint density at radius 1 is 1.17 bits per heavy atom. The second-order valence-electron chi connectivity index (χ2n) is 5.72. The minimum atomic E-state index is -0.649. The van der Waals surface area contributed by atoms with Crippen molar-refractivity contribution in [1.82, 2.24) is 9.91 Å². The Bertz CT molecular complexity index is 452. The molecule has 3 N–H and O–H groups in total. The van der Waals surface area contributed by atoms with Gasteiger partial charge < -0.3 is 10.0 Å². The van der Waals surface area contributed by atoms with Gasteiger partial charge in [0.15, 0.2) is 0 Å². The van der Waals surface area contributed by atoms with Crippen LogP contribution in [-0.2, 0) is 18.7 Å². The second-order valence-corrected chi connectivity index (χ2v) is 5.72. The van der Waals surface area contributed by atoms with Crippen molar-refractivity contribution < 1.29 is 5.11 Å². The molecule has 0 unspecified atom stereocenters. The van der Waals surface area contributed by atoms with Gasteiger partial charge in [-0.15, -0.1) is 0 Å². The van der Waals surface area contributed by atoms with E-state index in [1.54, 1.807) is 0 Å². The van der Waals surface area contributed by atoms with Crippen LogP contribution in [0.25, 0.3) is 0 Å². The molecule has 18 heavy (non-hydrogen) atoms. The summed E-state index contributed by atoms with van der Waals surface area (Å²) in [4.78, 5) is 2.27. The molecule has 2 aliphatic heterocycles. The van der Waals surface area contributed by atoms with Gasteiger partial charge in [0, 0.05) is 26.2 Å². The maximum Gasteiger partial charge on any atom is 0.0921 e. The van der Waals surface area contributed by atoms with Crippen LogP contribution in [0.1, 0.15) is 29.5 Å². The first kappa shape index (κ1) is 12.1. The number of hydrogen-bond acceptors (Lipinski definition) is 4. The topological polar surface area (TPSA) is 52.7 Å². The minimum absolute atomic E-state index is 0.649. The average Bonchev–Trinajstić information content (AvgIpc) is 2.72. The normalized spacial score (nSPS) is 24.2. The van der Waals surface area contributed by atoms with Crippen LogP contribution in [0, 0.1) is 0 Å². The van der Waals surface area contributed by atoms with E-state index < -0.39 is 5.60 Å². The van der Waals surface area contributed by atoms with Crippen molar-refractivity contribution >= 4 is 0 Å². The van der Waals surface area contributed by atoms with Crippen molar-refractivity contribution in [3.63, 3.8) is 0 Å². The number of hydrogen-bond donors (Lipinski definition) is 2. The fourth-order valence-corrected chi connectivity index (χ4v) is 2.99. The third kappa shape index (κ3) is 2.06. The third-order valence-electron chi connectivity index (χ3n) is 4.30. The van der Waals surface area contributed by atoms with Crippen LogP contribution in [0.3, 0.4) is 0 Å². The molecule has 1 fully saturated rings. The molecule has 0 saturated carbocycles. The zero-order valence-corrected chi connectivity index (χ0v) is 10.9. The molecule has 0 amide bonds. The molecule has 4 heteroatoms. The van der Waals surface area contributed by atoms with Gasteiger partial charge >= 0.3 is 0 Å². The fraction of sp³-hybridized carbons (Fsp3) is 0.571. The molecule has 4 nitrogen and oxygen atoms in total. The van der Waals surface area contributed by atoms with Crippen molar-refractivity contribution in [3.05, 3.63) is 34.9 Å². The molecule has 98 valence electrons. The zero-order chi connectivity index (χ0) is 12.8. The van der Waals surface area contributed by atoms with E-state index in [1.165, 1.54) is 11.1 Å². The number of benzene rings is 1. The summed E-state index contributed by atoms with van der Waals surface area (Å²) in [7, 11) is 2.11. The number of piperidine rings is 1. The molecule has 1 saturated heterocycles. The number of rotatable bonds is 1. The molecule has 2 heterocycles. The van der Waals surface area contributed by atoms with Gasteiger partial charge in [0.2, 0.25) is 0 Å². The number of fused-ring (bicyclic) bond motifs is 1. The molecule has 3 rings (SSSR count). The Morgan fingerprint density at radius 3 is 2.56 bits per heavy atom. The van der Waals surface area contributed by atoms with E-state index in [4.69, 9.17) is 5.84 Å². The molecule has 0 atom stereocenters. The van der Waals surface area contributed by atoms with Crippen LogP contribution in [0.15, 0.2) is 18.2 Å². The molecule has 0 aromatic heterocycles. The summed E-state index contributed by atoms with van der Waals surface area (Å²) < 4.78 is 0. The summed E-state index contributed by atoms with van der Waals surface area (Å²) in [6.45, 7) is 3.52. The molecule has 0 aliphatic carbocycles. The molecular formula is C14H21N3O. The summed E-state index contributed by atoms with van der Waals surface area (Å²) in [6.07, 6.45) is 1.63. The summed E-state index contributed by atoms with van der Waals surface area (Å²) >= 11 is 0. The summed E-state index contributed by atoms with van der Waals surface area (Å²) in [5, 5.41) is 12.6. The average molecular weight is 247 g/mol. The SMILES string of the molecule is CN1CCC(O)(c2ccc3c(c2)CN(N)C3)CC1. The van der Waals surface area contributed by atoms with Gasteiger partial charge in [-0.1, -0.05) is 18.2 Å². The summed E-state index contributed by atoms with van der Waals surface area (Å²) in [5.74, 6) is 5.83. The lowest BCUT2D eigenvalue weighted by molar-refractivity contribution is -0.0203. The van der Waals surface area contributed by atoms with E-state index in [9.17, 15) is 5.11 Å². The van der Waals surface area contributed by atoms with Gasteiger partial charge in [0.05, 0.1) is 5.60 Å². The van der Waals surface area contributed by atoms with Crippen molar-refractivity contribution in [2.75, 3.05) is 20.1 Å². The second kappa shape index (κ2) is 4.31. The molecule has 0 radical (unpaired) electrons. The van der Waals surface area contributed by atoms with Crippen LogP contribution < -0.4 is 5.84 Å². The monoisotopic (exact) mass is 247 g/mol. The predicted molar refractivity (Wildman–Crippen MR) is 70.5 cm³/mol. The molecule has 0 spiro atoms. The van der Waals surface area contributed by atoms with Crippen molar-refractivity contribution in [1.29, 1.82) is 0 Å². The Hall–Kier alpha value is -0.940. The quantitative estimate of drug-likeness (QED) is 0.720. The number of likely N-dealkylation sites (tertiary alicyclic amines) is 1. The van der Waals surface area contributed by atoms with Crippen LogP contribution in [0.2, 0.25) is 0 Å². The fourth-order valence-electron chi connectivity index (χ4n) is 2.99. The van der Waals surface area contributed by atoms with E-state index >= 15 is 0 Å². The molecule has 1 aromatic carbocycles. The Kier molecular flexibility index (Phi) is 2.90. The predicted octanol–water partition coefficient (Wildman–Crippen LogP) is 0.789. The third-order valence-corrected chi connectivity index (χ3v) is 4.30. The number of nitrogens with two attached hydrogens (primary N) is 1. The zero-order valence-electron chi connectivity index (χ0n) is 10.9. The highest BCUT2D eigenvalue weighted by Gasteiger charge is 2.33. The lowest BCUT2D eigenvalue weighted by Crippen LogP contribution is -2.40. The smallest absolute Gasteiger partial charge is 0.0921 e. The summed E-state index contributed by atoms with van der Waals surface area (Å²) in [5.41, 5.74) is 2.97. The first-order valence-corrected chi connectivity index (χ1v) is 6.60. The molecule has 1 aromatic rings. The lowest BCUT2D eigenvalue weighted by Gasteiger charge is -2.37. The Balaban J connectivity index is 1.87. The standard InChI is InChI=1S/C14H21N3O/c1-16-6-4-14(18,5-7-16)13-3-2-11-9-17(15)10-12(11)8-13/h2-3,8,18H,4-7,9-10,15H2,1H3. The maximum atomic E-state index is 10.8. The first-order chi connectivity index (χ1) is 8.57. The highest BCUT2D eigenvalue weighted by Crippen LogP contribution is 2.34. The van der Waals surface area contributed by atoms with Gasteiger partial charge in [-0.2, -0.15) is 0 Å². The molecule has 0 bridgehead atoms. The van der Waals surface area contributed by atoms with E-state index in [1.807, 2.05) is 5.01 Å². The number of hydrazine groups is 1. The lowest BCUT2D eigenvalue weighted by atomic mass is 9.83. The van der Waals surface area contributed by atoms with Gasteiger partial charge in [0.25, 0.3) is 0 Å². The molecule has 2 aliphatic rings. The summed E-state index contributed by atoms with van der Waals surface area (Å²) in [6, 6.07) is 6.34. The first-order valence-electron chi connectivity index (χ1n) is 6.60.